The molecule has 4 fully saturated rings. The maximum atomic E-state index is 12.4. The molecule has 0 spiro atoms. The molecule has 0 unspecified atom stereocenters. The van der Waals surface area contributed by atoms with Crippen LogP contribution in [0.5, 0.6) is 0 Å². The van der Waals surface area contributed by atoms with Crippen molar-refractivity contribution in [1.29, 1.82) is 0 Å². The number of aliphatic hydroxyl groups is 1. The molecule has 1 aromatic rings. The zero-order chi connectivity index (χ0) is 21.3. The van der Waals surface area contributed by atoms with Gasteiger partial charge in [0.2, 0.25) is 0 Å². The summed E-state index contributed by atoms with van der Waals surface area (Å²) >= 11 is 1.72. The van der Waals surface area contributed by atoms with E-state index in [1.165, 1.54) is 19.3 Å². The molecule has 1 N–H and O–H groups in total. The fourth-order valence-corrected chi connectivity index (χ4v) is 9.67. The van der Waals surface area contributed by atoms with Crippen LogP contribution in [0.25, 0.3) is 0 Å². The Hall–Kier alpha value is -0.810. The van der Waals surface area contributed by atoms with Gasteiger partial charge in [0.1, 0.15) is 5.78 Å². The minimum Gasteiger partial charge on any atom is -0.388 e. The Morgan fingerprint density at radius 1 is 1.20 bits per heavy atom. The van der Waals surface area contributed by atoms with Gasteiger partial charge in [-0.1, -0.05) is 32.5 Å². The van der Waals surface area contributed by atoms with E-state index in [-0.39, 0.29) is 11.3 Å². The highest BCUT2D eigenvalue weighted by atomic mass is 32.2. The van der Waals surface area contributed by atoms with Gasteiger partial charge in [0.05, 0.1) is 5.60 Å². The number of fused-ring (bicyclic) bond motifs is 5. The average Bonchev–Trinajstić information content (AvgIpc) is 3.22. The van der Waals surface area contributed by atoms with Crippen LogP contribution >= 0.6 is 11.8 Å². The molecule has 1 aromatic heterocycles. The molecular formula is C25H38N2O2S. The van der Waals surface area contributed by atoms with E-state index in [1.54, 1.807) is 11.8 Å². The second-order valence-electron chi connectivity index (χ2n) is 11.6. The Labute approximate surface area is 185 Å². The minimum atomic E-state index is -0.604. The fourth-order valence-electron chi connectivity index (χ4n) is 8.43. The molecule has 0 aliphatic heterocycles. The van der Waals surface area contributed by atoms with Crippen molar-refractivity contribution in [3.63, 3.8) is 0 Å². The summed E-state index contributed by atoms with van der Waals surface area (Å²) in [6.45, 7) is 7.06. The summed E-state index contributed by atoms with van der Waals surface area (Å²) in [5.41, 5.74) is -0.279. The molecule has 8 atom stereocenters. The third kappa shape index (κ3) is 2.90. The number of aromatic nitrogens is 2. The van der Waals surface area contributed by atoms with Crippen LogP contribution in [0.2, 0.25) is 0 Å². The quantitative estimate of drug-likeness (QED) is 0.678. The maximum Gasteiger partial charge on any atom is 0.167 e. The number of ketones is 1. The first-order valence-electron chi connectivity index (χ1n) is 12.0. The van der Waals surface area contributed by atoms with Gasteiger partial charge in [0, 0.05) is 42.9 Å². The Kier molecular flexibility index (Phi) is 4.98. The molecule has 4 saturated carbocycles. The van der Waals surface area contributed by atoms with Gasteiger partial charge in [-0.05, 0) is 74.0 Å². The summed E-state index contributed by atoms with van der Waals surface area (Å²) in [6, 6.07) is 0. The lowest BCUT2D eigenvalue weighted by molar-refractivity contribution is -0.157. The Morgan fingerprint density at radius 2 is 1.97 bits per heavy atom. The smallest absolute Gasteiger partial charge is 0.167 e. The molecule has 1 heterocycles. The van der Waals surface area contributed by atoms with Gasteiger partial charge in [-0.3, -0.25) is 4.79 Å². The van der Waals surface area contributed by atoms with E-state index < -0.39 is 5.60 Å². The molecule has 166 valence electrons. The molecule has 4 aliphatic rings. The SMILES string of the molecule is C[C@@H]1C[C@@]2(C)[C@@H](CC[C@@H]3[C@@H]2CC[C@@]2(C)[C@H]3CC[C@@]2(O)CSc2nccn2C)CC1=O. The van der Waals surface area contributed by atoms with E-state index in [9.17, 15) is 9.90 Å². The van der Waals surface area contributed by atoms with E-state index in [0.717, 1.165) is 54.8 Å². The number of hydrogen-bond donors (Lipinski definition) is 1. The zero-order valence-electron chi connectivity index (χ0n) is 19.1. The van der Waals surface area contributed by atoms with Crippen molar-refractivity contribution < 1.29 is 9.90 Å². The van der Waals surface area contributed by atoms with E-state index in [2.05, 4.69) is 25.8 Å². The van der Waals surface area contributed by atoms with Gasteiger partial charge < -0.3 is 9.67 Å². The predicted octanol–water partition coefficient (Wildman–Crippen LogP) is 5.10. The van der Waals surface area contributed by atoms with Crippen molar-refractivity contribution in [3.05, 3.63) is 12.4 Å². The molecule has 4 nitrogen and oxygen atoms in total. The lowest BCUT2D eigenvalue weighted by Crippen LogP contribution is -2.57. The van der Waals surface area contributed by atoms with Crippen LogP contribution in [0.1, 0.15) is 72.1 Å². The summed E-state index contributed by atoms with van der Waals surface area (Å²) in [7, 11) is 2.03. The Bertz CT molecular complexity index is 839. The second-order valence-corrected chi connectivity index (χ2v) is 12.5. The van der Waals surface area contributed by atoms with E-state index in [4.69, 9.17) is 0 Å². The number of Topliss-reactive ketones (excluding diaryl/α,β-unsaturated/α-hetero) is 1. The third-order valence-corrected chi connectivity index (χ3v) is 11.6. The molecule has 0 bridgehead atoms. The maximum absolute atomic E-state index is 12.4. The lowest BCUT2D eigenvalue weighted by Gasteiger charge is -2.61. The first-order valence-corrected chi connectivity index (χ1v) is 13.0. The normalized spacial score (nSPS) is 48.2. The molecule has 30 heavy (non-hydrogen) atoms. The van der Waals surface area contributed by atoms with Gasteiger partial charge in [0.15, 0.2) is 5.16 Å². The summed E-state index contributed by atoms with van der Waals surface area (Å²) in [4.78, 5) is 16.9. The standard InChI is InChI=1S/C25H38N2O2S/c1-16-14-23(2)17(13-21(16)28)5-6-18-19(23)7-9-24(3)20(18)8-10-25(24,29)15-30-22-26-11-12-27(22)4/h11-12,16-20,29H,5-10,13-15H2,1-4H3/t16-,17+,18-,19+,20+,23+,24+,25-/m1/s1. The van der Waals surface area contributed by atoms with Gasteiger partial charge in [-0.2, -0.15) is 0 Å². The molecule has 0 saturated heterocycles. The molecule has 5 rings (SSSR count). The van der Waals surface area contributed by atoms with Crippen LogP contribution < -0.4 is 0 Å². The van der Waals surface area contributed by atoms with Crippen molar-refractivity contribution in [2.75, 3.05) is 5.75 Å². The van der Waals surface area contributed by atoms with Gasteiger partial charge in [-0.25, -0.2) is 4.98 Å². The summed E-state index contributed by atoms with van der Waals surface area (Å²) < 4.78 is 2.05. The summed E-state index contributed by atoms with van der Waals surface area (Å²) in [6.07, 6.45) is 12.6. The highest BCUT2D eigenvalue weighted by Crippen LogP contribution is 2.68. The second kappa shape index (κ2) is 7.10. The number of thioether (sulfide) groups is 1. The van der Waals surface area contributed by atoms with Crippen LogP contribution in [0.15, 0.2) is 17.6 Å². The van der Waals surface area contributed by atoms with Crippen LogP contribution in [0.3, 0.4) is 0 Å². The largest absolute Gasteiger partial charge is 0.388 e. The Morgan fingerprint density at radius 3 is 2.70 bits per heavy atom. The minimum absolute atomic E-state index is 0.00559. The highest BCUT2D eigenvalue weighted by Gasteiger charge is 2.64. The summed E-state index contributed by atoms with van der Waals surface area (Å²) in [5.74, 6) is 4.13. The zero-order valence-corrected chi connectivity index (χ0v) is 19.9. The first kappa shape index (κ1) is 21.1. The molecular weight excluding hydrogens is 392 g/mol. The van der Waals surface area contributed by atoms with Crippen LogP contribution in [0, 0.1) is 40.4 Å². The van der Waals surface area contributed by atoms with E-state index in [1.807, 2.05) is 24.0 Å². The van der Waals surface area contributed by atoms with Crippen molar-refractivity contribution in [1.82, 2.24) is 9.55 Å². The lowest BCUT2D eigenvalue weighted by atomic mass is 9.44. The predicted molar refractivity (Wildman–Crippen MR) is 120 cm³/mol. The van der Waals surface area contributed by atoms with Crippen molar-refractivity contribution in [2.45, 2.75) is 82.9 Å². The van der Waals surface area contributed by atoms with Gasteiger partial charge in [0.25, 0.3) is 0 Å². The monoisotopic (exact) mass is 430 g/mol. The number of aryl methyl sites for hydroxylation is 1. The number of carbonyl (C=O) groups is 1. The van der Waals surface area contributed by atoms with E-state index in [0.29, 0.717) is 23.0 Å². The van der Waals surface area contributed by atoms with Crippen LogP contribution in [-0.4, -0.2) is 31.8 Å². The number of hydrogen-bond acceptors (Lipinski definition) is 4. The van der Waals surface area contributed by atoms with E-state index >= 15 is 0 Å². The molecule has 0 aromatic carbocycles. The molecule has 0 amide bonds. The number of nitrogens with zero attached hydrogens (tertiary/aromatic N) is 2. The van der Waals surface area contributed by atoms with Crippen LogP contribution in [-0.2, 0) is 11.8 Å². The fraction of sp³-hybridized carbons (Fsp3) is 0.840. The van der Waals surface area contributed by atoms with Gasteiger partial charge in [-0.15, -0.1) is 0 Å². The average molecular weight is 431 g/mol. The molecule has 5 heteroatoms. The third-order valence-electron chi connectivity index (χ3n) is 10.3. The topological polar surface area (TPSA) is 55.1 Å². The van der Waals surface area contributed by atoms with Crippen LogP contribution in [0.4, 0.5) is 0 Å². The number of imidazole rings is 1. The van der Waals surface area contributed by atoms with Crippen molar-refractivity contribution in [2.24, 2.45) is 47.5 Å². The molecule has 0 radical (unpaired) electrons. The van der Waals surface area contributed by atoms with Gasteiger partial charge >= 0.3 is 0 Å². The first-order chi connectivity index (χ1) is 14.2. The van der Waals surface area contributed by atoms with Crippen molar-refractivity contribution in [3.8, 4) is 0 Å². The summed E-state index contributed by atoms with van der Waals surface area (Å²) in [5, 5.41) is 12.9. The number of rotatable bonds is 3. The van der Waals surface area contributed by atoms with Crippen molar-refractivity contribution >= 4 is 17.5 Å². The number of carbonyl (C=O) groups excluding carboxylic acids is 1. The highest BCUT2D eigenvalue weighted by molar-refractivity contribution is 7.99. The molecule has 4 aliphatic carbocycles. The Balaban J connectivity index is 1.37.